The molecule has 0 aromatic carbocycles. The fraction of sp³-hybridized carbons (Fsp3) is 0.533. The third kappa shape index (κ3) is 4.44. The molecule has 0 aliphatic carbocycles. The molecule has 0 saturated heterocycles. The van der Waals surface area contributed by atoms with Gasteiger partial charge in [-0.2, -0.15) is 0 Å². The Morgan fingerprint density at radius 3 is 3.00 bits per heavy atom. The molecule has 0 amide bonds. The molecular weight excluding hydrogens is 272 g/mol. The van der Waals surface area contributed by atoms with Crippen molar-refractivity contribution < 1.29 is 9.15 Å². The zero-order valence-corrected chi connectivity index (χ0v) is 13.1. The second-order valence-corrected chi connectivity index (χ2v) is 6.01. The van der Waals surface area contributed by atoms with E-state index in [9.17, 15) is 0 Å². The van der Waals surface area contributed by atoms with Crippen molar-refractivity contribution in [3.8, 4) is 0 Å². The number of ether oxygens (including phenoxy) is 1. The Morgan fingerprint density at radius 1 is 1.45 bits per heavy atom. The minimum Gasteiger partial charge on any atom is -0.468 e. The molecule has 0 aliphatic heterocycles. The SMILES string of the molecule is Cc1ncsc1CCOCc1ccoc1CNC(C)C. The van der Waals surface area contributed by atoms with Gasteiger partial charge in [0.25, 0.3) is 0 Å². The lowest BCUT2D eigenvalue weighted by Crippen LogP contribution is -2.22. The number of aromatic nitrogens is 1. The van der Waals surface area contributed by atoms with Crippen LogP contribution in [0.1, 0.15) is 35.7 Å². The van der Waals surface area contributed by atoms with Gasteiger partial charge < -0.3 is 14.5 Å². The van der Waals surface area contributed by atoms with Crippen LogP contribution in [0.4, 0.5) is 0 Å². The monoisotopic (exact) mass is 294 g/mol. The number of thiazole rings is 1. The normalized spacial score (nSPS) is 11.4. The number of rotatable bonds is 8. The number of nitrogens with one attached hydrogen (secondary N) is 1. The van der Waals surface area contributed by atoms with Crippen LogP contribution in [0.15, 0.2) is 22.3 Å². The lowest BCUT2D eigenvalue weighted by atomic mass is 10.2. The number of aryl methyl sites for hydroxylation is 1. The van der Waals surface area contributed by atoms with Crippen LogP contribution in [-0.2, 0) is 24.3 Å². The van der Waals surface area contributed by atoms with Crippen LogP contribution in [0.2, 0.25) is 0 Å². The molecular formula is C15H22N2O2S. The first-order valence-corrected chi connectivity index (χ1v) is 7.80. The Kier molecular flexibility index (Phi) is 5.76. The molecule has 2 rings (SSSR count). The van der Waals surface area contributed by atoms with E-state index in [1.165, 1.54) is 4.88 Å². The minimum atomic E-state index is 0.447. The van der Waals surface area contributed by atoms with E-state index >= 15 is 0 Å². The van der Waals surface area contributed by atoms with Crippen molar-refractivity contribution >= 4 is 11.3 Å². The first kappa shape index (κ1) is 15.2. The van der Waals surface area contributed by atoms with Gasteiger partial charge in [0.05, 0.1) is 37.2 Å². The van der Waals surface area contributed by atoms with Gasteiger partial charge in [-0.1, -0.05) is 13.8 Å². The summed E-state index contributed by atoms with van der Waals surface area (Å²) < 4.78 is 11.2. The Balaban J connectivity index is 1.74. The molecule has 2 aromatic rings. The fourth-order valence-corrected chi connectivity index (χ4v) is 2.62. The lowest BCUT2D eigenvalue weighted by molar-refractivity contribution is 0.122. The van der Waals surface area contributed by atoms with Gasteiger partial charge in [0, 0.05) is 22.9 Å². The summed E-state index contributed by atoms with van der Waals surface area (Å²) in [5.41, 5.74) is 4.12. The smallest absolute Gasteiger partial charge is 0.123 e. The first-order valence-electron chi connectivity index (χ1n) is 6.92. The van der Waals surface area contributed by atoms with Crippen LogP contribution < -0.4 is 5.32 Å². The molecule has 2 heterocycles. The average Bonchev–Trinajstić information content (AvgIpc) is 3.01. The highest BCUT2D eigenvalue weighted by molar-refractivity contribution is 7.09. The van der Waals surface area contributed by atoms with Crippen molar-refractivity contribution in [1.82, 2.24) is 10.3 Å². The van der Waals surface area contributed by atoms with Gasteiger partial charge >= 0.3 is 0 Å². The third-order valence-electron chi connectivity index (χ3n) is 3.08. The van der Waals surface area contributed by atoms with Gasteiger partial charge in [-0.05, 0) is 13.0 Å². The number of hydrogen-bond acceptors (Lipinski definition) is 5. The van der Waals surface area contributed by atoms with Crippen LogP contribution in [0.25, 0.3) is 0 Å². The predicted molar refractivity (Wildman–Crippen MR) is 80.9 cm³/mol. The Morgan fingerprint density at radius 2 is 2.30 bits per heavy atom. The summed E-state index contributed by atoms with van der Waals surface area (Å²) >= 11 is 1.69. The molecule has 20 heavy (non-hydrogen) atoms. The predicted octanol–water partition coefficient (Wildman–Crippen LogP) is 3.30. The molecule has 0 bridgehead atoms. The molecule has 0 radical (unpaired) electrons. The Bertz CT molecular complexity index is 519. The van der Waals surface area contributed by atoms with Gasteiger partial charge in [0.1, 0.15) is 5.76 Å². The zero-order chi connectivity index (χ0) is 14.4. The summed E-state index contributed by atoms with van der Waals surface area (Å²) in [6.07, 6.45) is 2.65. The van der Waals surface area contributed by atoms with Crippen molar-refractivity contribution in [3.05, 3.63) is 39.7 Å². The Labute approximate surface area is 124 Å². The van der Waals surface area contributed by atoms with Crippen molar-refractivity contribution in [1.29, 1.82) is 0 Å². The van der Waals surface area contributed by atoms with Crippen molar-refractivity contribution in [2.45, 2.75) is 46.4 Å². The molecule has 2 aromatic heterocycles. The molecule has 0 atom stereocenters. The van der Waals surface area contributed by atoms with Crippen LogP contribution in [0, 0.1) is 6.92 Å². The molecule has 5 heteroatoms. The molecule has 4 nitrogen and oxygen atoms in total. The van der Waals surface area contributed by atoms with E-state index in [0.29, 0.717) is 19.3 Å². The fourth-order valence-electron chi connectivity index (χ4n) is 1.86. The zero-order valence-electron chi connectivity index (χ0n) is 12.3. The minimum absolute atomic E-state index is 0.447. The quantitative estimate of drug-likeness (QED) is 0.759. The van der Waals surface area contributed by atoms with E-state index < -0.39 is 0 Å². The maximum Gasteiger partial charge on any atom is 0.123 e. The number of nitrogens with zero attached hydrogens (tertiary/aromatic N) is 1. The van der Waals surface area contributed by atoms with E-state index in [2.05, 4.69) is 24.1 Å². The van der Waals surface area contributed by atoms with Gasteiger partial charge in [-0.25, -0.2) is 4.98 Å². The highest BCUT2D eigenvalue weighted by Gasteiger charge is 2.07. The van der Waals surface area contributed by atoms with Gasteiger partial charge in [0.15, 0.2) is 0 Å². The van der Waals surface area contributed by atoms with Crippen LogP contribution in [0.5, 0.6) is 0 Å². The van der Waals surface area contributed by atoms with E-state index in [1.807, 2.05) is 18.5 Å². The largest absolute Gasteiger partial charge is 0.468 e. The van der Waals surface area contributed by atoms with Gasteiger partial charge in [-0.15, -0.1) is 11.3 Å². The van der Waals surface area contributed by atoms with Crippen LogP contribution in [-0.4, -0.2) is 17.6 Å². The van der Waals surface area contributed by atoms with Crippen LogP contribution >= 0.6 is 11.3 Å². The van der Waals surface area contributed by atoms with Crippen molar-refractivity contribution in [2.24, 2.45) is 0 Å². The summed E-state index contributed by atoms with van der Waals surface area (Å²) in [7, 11) is 0. The second-order valence-electron chi connectivity index (χ2n) is 5.07. The molecule has 0 aliphatic rings. The second kappa shape index (κ2) is 7.57. The maximum atomic E-state index is 5.74. The highest BCUT2D eigenvalue weighted by Crippen LogP contribution is 2.15. The Hall–Kier alpha value is -1.17. The standard InChI is InChI=1S/C15H22N2O2S/c1-11(2)16-8-14-13(4-7-19-14)9-18-6-5-15-12(3)17-10-20-15/h4,7,10-11,16H,5-6,8-9H2,1-3H3. The lowest BCUT2D eigenvalue weighted by Gasteiger charge is -2.08. The summed E-state index contributed by atoms with van der Waals surface area (Å²) in [4.78, 5) is 5.54. The van der Waals surface area contributed by atoms with Gasteiger partial charge in [-0.3, -0.25) is 0 Å². The summed E-state index contributed by atoms with van der Waals surface area (Å²) in [5.74, 6) is 0.965. The molecule has 110 valence electrons. The van der Waals surface area contributed by atoms with E-state index in [-0.39, 0.29) is 0 Å². The summed E-state index contributed by atoms with van der Waals surface area (Å²) in [6, 6.07) is 2.43. The highest BCUT2D eigenvalue weighted by atomic mass is 32.1. The average molecular weight is 294 g/mol. The first-order chi connectivity index (χ1) is 9.66. The van der Waals surface area contributed by atoms with Crippen LogP contribution in [0.3, 0.4) is 0 Å². The van der Waals surface area contributed by atoms with E-state index in [4.69, 9.17) is 9.15 Å². The number of furan rings is 1. The maximum absolute atomic E-state index is 5.74. The van der Waals surface area contributed by atoms with E-state index in [0.717, 1.165) is 30.0 Å². The van der Waals surface area contributed by atoms with Crippen molar-refractivity contribution in [3.63, 3.8) is 0 Å². The molecule has 0 spiro atoms. The number of hydrogen-bond donors (Lipinski definition) is 1. The molecule has 0 saturated carbocycles. The topological polar surface area (TPSA) is 47.3 Å². The third-order valence-corrected chi connectivity index (χ3v) is 4.08. The molecule has 0 unspecified atom stereocenters. The molecule has 1 N–H and O–H groups in total. The molecule has 0 fully saturated rings. The van der Waals surface area contributed by atoms with Gasteiger partial charge in [0.2, 0.25) is 0 Å². The summed E-state index contributed by atoms with van der Waals surface area (Å²) in [5, 5.41) is 3.35. The van der Waals surface area contributed by atoms with Crippen molar-refractivity contribution in [2.75, 3.05) is 6.61 Å². The summed E-state index contributed by atoms with van der Waals surface area (Å²) in [6.45, 7) is 8.34. The van der Waals surface area contributed by atoms with E-state index in [1.54, 1.807) is 17.6 Å².